The molecular formula is C29H29ClN2O2. The van der Waals surface area contributed by atoms with E-state index < -0.39 is 0 Å². The van der Waals surface area contributed by atoms with Crippen LogP contribution in [0.1, 0.15) is 28.0 Å². The standard InChI is InChI=1S/C29H29ClN2O2/c1-34-20-8-19-32(22-27-12-7-18-31(27)21-26-11-5-6-13-28(26)30)29(33)25-16-14-24(15-17-25)23-9-3-2-4-10-23/h2-7,9-18H,8,19-22H2,1H3. The zero-order valence-electron chi connectivity index (χ0n) is 19.4. The third-order valence-electron chi connectivity index (χ3n) is 5.88. The SMILES string of the molecule is COCCCN(Cc1cccn1Cc1ccccc1Cl)C(=O)c1ccc(-c2ccccc2)cc1. The lowest BCUT2D eigenvalue weighted by Crippen LogP contribution is -2.33. The van der Waals surface area contributed by atoms with Crippen LogP contribution in [0.3, 0.4) is 0 Å². The lowest BCUT2D eigenvalue weighted by Gasteiger charge is -2.24. The first-order chi connectivity index (χ1) is 16.7. The maximum absolute atomic E-state index is 13.5. The highest BCUT2D eigenvalue weighted by Crippen LogP contribution is 2.21. The molecule has 0 radical (unpaired) electrons. The molecule has 0 atom stereocenters. The van der Waals surface area contributed by atoms with Gasteiger partial charge in [-0.2, -0.15) is 0 Å². The molecular weight excluding hydrogens is 444 g/mol. The van der Waals surface area contributed by atoms with Crippen molar-refractivity contribution in [2.45, 2.75) is 19.5 Å². The van der Waals surface area contributed by atoms with E-state index in [1.54, 1.807) is 7.11 Å². The Hall–Kier alpha value is -3.34. The summed E-state index contributed by atoms with van der Waals surface area (Å²) in [6, 6.07) is 30.0. The first-order valence-corrected chi connectivity index (χ1v) is 11.8. The number of methoxy groups -OCH3 is 1. The lowest BCUT2D eigenvalue weighted by atomic mass is 10.0. The van der Waals surface area contributed by atoms with Crippen molar-refractivity contribution in [3.8, 4) is 11.1 Å². The fourth-order valence-corrected chi connectivity index (χ4v) is 4.22. The van der Waals surface area contributed by atoms with Gasteiger partial charge in [-0.3, -0.25) is 4.79 Å². The fraction of sp³-hybridized carbons (Fsp3) is 0.207. The molecule has 0 saturated heterocycles. The maximum atomic E-state index is 13.5. The Morgan fingerprint density at radius 2 is 1.59 bits per heavy atom. The molecule has 0 N–H and O–H groups in total. The van der Waals surface area contributed by atoms with Gasteiger partial charge in [-0.1, -0.05) is 72.3 Å². The summed E-state index contributed by atoms with van der Waals surface area (Å²) in [5.41, 5.74) is 5.02. The summed E-state index contributed by atoms with van der Waals surface area (Å²) in [5.74, 6) is 0.0150. The largest absolute Gasteiger partial charge is 0.385 e. The number of ether oxygens (including phenoxy) is 1. The van der Waals surface area contributed by atoms with Gasteiger partial charge in [0, 0.05) is 49.3 Å². The molecule has 4 nitrogen and oxygen atoms in total. The zero-order valence-corrected chi connectivity index (χ0v) is 20.1. The second-order valence-corrected chi connectivity index (χ2v) is 8.64. The lowest BCUT2D eigenvalue weighted by molar-refractivity contribution is 0.0720. The summed E-state index contributed by atoms with van der Waals surface area (Å²) in [6.07, 6.45) is 2.81. The van der Waals surface area contributed by atoms with Crippen LogP contribution in [0.4, 0.5) is 0 Å². The number of benzene rings is 3. The predicted octanol–water partition coefficient (Wildman–Crippen LogP) is 6.54. The molecule has 3 aromatic carbocycles. The molecule has 1 heterocycles. The molecule has 0 spiro atoms. The van der Waals surface area contributed by atoms with Crippen molar-refractivity contribution in [2.24, 2.45) is 0 Å². The average molecular weight is 473 g/mol. The smallest absolute Gasteiger partial charge is 0.254 e. The summed E-state index contributed by atoms with van der Waals surface area (Å²) in [6.45, 7) is 2.40. The molecule has 5 heteroatoms. The highest BCUT2D eigenvalue weighted by atomic mass is 35.5. The first-order valence-electron chi connectivity index (χ1n) is 11.5. The molecule has 0 aliphatic heterocycles. The molecule has 1 amide bonds. The van der Waals surface area contributed by atoms with Gasteiger partial charge in [-0.25, -0.2) is 0 Å². The molecule has 0 aliphatic rings. The zero-order chi connectivity index (χ0) is 23.8. The predicted molar refractivity (Wildman–Crippen MR) is 138 cm³/mol. The Bertz CT molecular complexity index is 1200. The Labute approximate surface area is 206 Å². The van der Waals surface area contributed by atoms with Crippen molar-refractivity contribution in [3.05, 3.63) is 119 Å². The van der Waals surface area contributed by atoms with Crippen molar-refractivity contribution >= 4 is 17.5 Å². The van der Waals surface area contributed by atoms with Crippen LogP contribution in [-0.2, 0) is 17.8 Å². The van der Waals surface area contributed by atoms with Crippen LogP contribution in [0, 0.1) is 0 Å². The van der Waals surface area contributed by atoms with Gasteiger partial charge in [0.2, 0.25) is 0 Å². The summed E-state index contributed by atoms with van der Waals surface area (Å²) < 4.78 is 7.38. The van der Waals surface area contributed by atoms with Crippen molar-refractivity contribution in [3.63, 3.8) is 0 Å². The minimum absolute atomic E-state index is 0.0150. The van der Waals surface area contributed by atoms with Crippen LogP contribution in [-0.4, -0.2) is 35.6 Å². The molecule has 0 aliphatic carbocycles. The fourth-order valence-electron chi connectivity index (χ4n) is 4.02. The molecule has 1 aromatic heterocycles. The van der Waals surface area contributed by atoms with Gasteiger partial charge in [0.25, 0.3) is 5.91 Å². The van der Waals surface area contributed by atoms with Crippen molar-refractivity contribution in [1.82, 2.24) is 9.47 Å². The van der Waals surface area contributed by atoms with Crippen molar-refractivity contribution < 1.29 is 9.53 Å². The molecule has 0 saturated carbocycles. The highest BCUT2D eigenvalue weighted by molar-refractivity contribution is 6.31. The molecule has 34 heavy (non-hydrogen) atoms. The Balaban J connectivity index is 1.53. The quantitative estimate of drug-likeness (QED) is 0.246. The summed E-state index contributed by atoms with van der Waals surface area (Å²) >= 11 is 6.38. The van der Waals surface area contributed by atoms with E-state index in [0.29, 0.717) is 31.8 Å². The second-order valence-electron chi connectivity index (χ2n) is 8.24. The van der Waals surface area contributed by atoms with E-state index in [0.717, 1.165) is 33.8 Å². The maximum Gasteiger partial charge on any atom is 0.254 e. The van der Waals surface area contributed by atoms with E-state index in [4.69, 9.17) is 16.3 Å². The van der Waals surface area contributed by atoms with E-state index in [9.17, 15) is 4.79 Å². The number of amides is 1. The van der Waals surface area contributed by atoms with E-state index in [1.807, 2.05) is 83.9 Å². The van der Waals surface area contributed by atoms with E-state index in [-0.39, 0.29) is 5.91 Å². The van der Waals surface area contributed by atoms with Gasteiger partial charge in [-0.05, 0) is 53.4 Å². The number of carbonyl (C=O) groups is 1. The van der Waals surface area contributed by atoms with Crippen LogP contribution in [0.25, 0.3) is 11.1 Å². The molecule has 174 valence electrons. The van der Waals surface area contributed by atoms with Gasteiger partial charge in [0.1, 0.15) is 0 Å². The minimum atomic E-state index is 0.0150. The van der Waals surface area contributed by atoms with Crippen LogP contribution >= 0.6 is 11.6 Å². The number of halogens is 1. The first kappa shape index (κ1) is 23.8. The number of hydrogen-bond donors (Lipinski definition) is 0. The van der Waals surface area contributed by atoms with E-state index in [1.165, 1.54) is 0 Å². The normalized spacial score (nSPS) is 10.9. The van der Waals surface area contributed by atoms with Gasteiger partial charge in [0.05, 0.1) is 6.54 Å². The van der Waals surface area contributed by atoms with Gasteiger partial charge in [0.15, 0.2) is 0 Å². The third kappa shape index (κ3) is 5.96. The van der Waals surface area contributed by atoms with Crippen molar-refractivity contribution in [1.29, 1.82) is 0 Å². The van der Waals surface area contributed by atoms with Crippen LogP contribution < -0.4 is 0 Å². The Morgan fingerprint density at radius 3 is 2.32 bits per heavy atom. The van der Waals surface area contributed by atoms with E-state index in [2.05, 4.69) is 22.8 Å². The number of aromatic nitrogens is 1. The Kier molecular flexibility index (Phi) is 8.18. The monoisotopic (exact) mass is 472 g/mol. The number of rotatable bonds is 10. The molecule has 0 unspecified atom stereocenters. The van der Waals surface area contributed by atoms with Crippen LogP contribution in [0.5, 0.6) is 0 Å². The molecule has 0 fully saturated rings. The van der Waals surface area contributed by atoms with Crippen molar-refractivity contribution in [2.75, 3.05) is 20.3 Å². The molecule has 0 bridgehead atoms. The molecule has 4 rings (SSSR count). The average Bonchev–Trinajstić information content (AvgIpc) is 3.31. The minimum Gasteiger partial charge on any atom is -0.385 e. The van der Waals surface area contributed by atoms with Crippen LogP contribution in [0.2, 0.25) is 5.02 Å². The second kappa shape index (κ2) is 11.7. The number of carbonyl (C=O) groups excluding carboxylic acids is 1. The highest BCUT2D eigenvalue weighted by Gasteiger charge is 2.18. The summed E-state index contributed by atoms with van der Waals surface area (Å²) in [5, 5.41) is 0.744. The van der Waals surface area contributed by atoms with Gasteiger partial charge >= 0.3 is 0 Å². The Morgan fingerprint density at radius 1 is 0.882 bits per heavy atom. The molecule has 4 aromatic rings. The van der Waals surface area contributed by atoms with Gasteiger partial charge < -0.3 is 14.2 Å². The van der Waals surface area contributed by atoms with Crippen LogP contribution in [0.15, 0.2) is 97.2 Å². The summed E-state index contributed by atoms with van der Waals surface area (Å²) in [7, 11) is 1.68. The van der Waals surface area contributed by atoms with E-state index >= 15 is 0 Å². The number of nitrogens with zero attached hydrogens (tertiary/aromatic N) is 2. The van der Waals surface area contributed by atoms with Gasteiger partial charge in [-0.15, -0.1) is 0 Å². The third-order valence-corrected chi connectivity index (χ3v) is 6.25. The summed E-state index contributed by atoms with van der Waals surface area (Å²) in [4.78, 5) is 15.4. The number of hydrogen-bond acceptors (Lipinski definition) is 2. The topological polar surface area (TPSA) is 34.5 Å².